The molecule has 0 atom stereocenters. The van der Waals surface area contributed by atoms with E-state index in [1.54, 1.807) is 25.3 Å². The summed E-state index contributed by atoms with van der Waals surface area (Å²) in [5, 5.41) is 4.58. The molecule has 0 fully saturated rings. The van der Waals surface area contributed by atoms with Crippen LogP contribution in [0.25, 0.3) is 22.8 Å². The summed E-state index contributed by atoms with van der Waals surface area (Å²) in [6.45, 7) is 0. The minimum absolute atomic E-state index is 0.368. The molecule has 0 N–H and O–H groups in total. The molecule has 0 amide bonds. The second-order valence-corrected chi connectivity index (χ2v) is 5.63. The summed E-state index contributed by atoms with van der Waals surface area (Å²) >= 11 is 9.41. The van der Waals surface area contributed by atoms with Crippen LogP contribution in [0.15, 0.2) is 51.5 Å². The number of methoxy groups -OCH3 is 1. The maximum absolute atomic E-state index is 6.01. The number of rotatable bonds is 3. The van der Waals surface area contributed by atoms with Gasteiger partial charge >= 0.3 is 0 Å². The van der Waals surface area contributed by atoms with E-state index in [0.717, 1.165) is 10.0 Å². The number of hydrogen-bond donors (Lipinski definition) is 0. The topological polar surface area (TPSA) is 48.2 Å². The van der Waals surface area contributed by atoms with Gasteiger partial charge in [-0.3, -0.25) is 0 Å². The van der Waals surface area contributed by atoms with E-state index in [-0.39, 0.29) is 0 Å². The highest BCUT2D eigenvalue weighted by Crippen LogP contribution is 2.32. The van der Waals surface area contributed by atoms with Crippen molar-refractivity contribution in [3.63, 3.8) is 0 Å². The highest BCUT2D eigenvalue weighted by Gasteiger charge is 2.15. The minimum atomic E-state index is 0.368. The van der Waals surface area contributed by atoms with Crippen LogP contribution in [0.2, 0.25) is 5.02 Å². The molecule has 6 heteroatoms. The molecule has 0 saturated heterocycles. The van der Waals surface area contributed by atoms with E-state index >= 15 is 0 Å². The number of nitrogens with zero attached hydrogens (tertiary/aromatic N) is 2. The van der Waals surface area contributed by atoms with E-state index in [1.165, 1.54) is 0 Å². The molecule has 4 nitrogen and oxygen atoms in total. The lowest BCUT2D eigenvalue weighted by Gasteiger charge is -2.04. The first-order valence-electron chi connectivity index (χ1n) is 6.11. The molecule has 1 aromatic heterocycles. The Bertz CT molecular complexity index is 772. The highest BCUT2D eigenvalue weighted by molar-refractivity contribution is 9.10. The third kappa shape index (κ3) is 2.94. The van der Waals surface area contributed by atoms with Gasteiger partial charge in [-0.2, -0.15) is 4.98 Å². The van der Waals surface area contributed by atoms with Gasteiger partial charge in [0.05, 0.1) is 12.7 Å². The lowest BCUT2D eigenvalue weighted by molar-refractivity contribution is 0.405. The second kappa shape index (κ2) is 5.87. The number of halogens is 2. The molecule has 3 aromatic rings. The van der Waals surface area contributed by atoms with Crippen molar-refractivity contribution in [2.24, 2.45) is 0 Å². The molecule has 0 radical (unpaired) electrons. The first-order valence-corrected chi connectivity index (χ1v) is 7.28. The first-order chi connectivity index (χ1) is 10.2. The summed E-state index contributed by atoms with van der Waals surface area (Å²) in [6, 6.07) is 12.9. The zero-order valence-electron chi connectivity index (χ0n) is 11.0. The molecule has 0 bridgehead atoms. The van der Waals surface area contributed by atoms with Gasteiger partial charge in [-0.05, 0) is 42.5 Å². The Labute approximate surface area is 134 Å². The van der Waals surface area contributed by atoms with Gasteiger partial charge in [-0.15, -0.1) is 0 Å². The average Bonchev–Trinajstić information content (AvgIpc) is 2.97. The molecule has 106 valence electrons. The second-order valence-electron chi connectivity index (χ2n) is 4.27. The third-order valence-corrected chi connectivity index (χ3v) is 3.68. The van der Waals surface area contributed by atoms with Crippen molar-refractivity contribution in [1.29, 1.82) is 0 Å². The zero-order valence-corrected chi connectivity index (χ0v) is 13.4. The Balaban J connectivity index is 2.02. The van der Waals surface area contributed by atoms with E-state index < -0.39 is 0 Å². The molecule has 1 heterocycles. The third-order valence-electron chi connectivity index (χ3n) is 2.92. The van der Waals surface area contributed by atoms with Crippen LogP contribution >= 0.6 is 27.5 Å². The van der Waals surface area contributed by atoms with Crippen molar-refractivity contribution < 1.29 is 9.26 Å². The maximum Gasteiger partial charge on any atom is 0.262 e. The number of aromatic nitrogens is 2. The van der Waals surface area contributed by atoms with Gasteiger partial charge in [-0.1, -0.05) is 32.7 Å². The summed E-state index contributed by atoms with van der Waals surface area (Å²) in [5.74, 6) is 1.51. The fourth-order valence-corrected chi connectivity index (χ4v) is 2.33. The largest absolute Gasteiger partial charge is 0.496 e. The number of ether oxygens (including phenoxy) is 1. The summed E-state index contributed by atoms with van der Waals surface area (Å²) in [7, 11) is 1.58. The molecular formula is C15H10BrClN2O2. The fraction of sp³-hybridized carbons (Fsp3) is 0.0667. The molecule has 2 aromatic carbocycles. The van der Waals surface area contributed by atoms with Crippen molar-refractivity contribution >= 4 is 27.5 Å². The Morgan fingerprint density at radius 1 is 1.14 bits per heavy atom. The fourth-order valence-electron chi connectivity index (χ4n) is 1.90. The molecule has 0 unspecified atom stereocenters. The monoisotopic (exact) mass is 364 g/mol. The van der Waals surface area contributed by atoms with Crippen LogP contribution in [-0.2, 0) is 0 Å². The van der Waals surface area contributed by atoms with Gasteiger partial charge < -0.3 is 9.26 Å². The van der Waals surface area contributed by atoms with E-state index in [2.05, 4.69) is 26.1 Å². The van der Waals surface area contributed by atoms with Crippen LogP contribution in [0.1, 0.15) is 0 Å². The minimum Gasteiger partial charge on any atom is -0.496 e. The van der Waals surface area contributed by atoms with Crippen LogP contribution in [0.5, 0.6) is 5.75 Å². The molecule has 21 heavy (non-hydrogen) atoms. The molecule has 0 spiro atoms. The maximum atomic E-state index is 6.01. The molecule has 0 aliphatic rings. The normalized spacial score (nSPS) is 10.6. The summed E-state index contributed by atoms with van der Waals surface area (Å²) < 4.78 is 11.6. The predicted octanol–water partition coefficient (Wildman–Crippen LogP) is 4.83. The van der Waals surface area contributed by atoms with Gasteiger partial charge in [0.15, 0.2) is 0 Å². The molecule has 0 saturated carbocycles. The number of hydrogen-bond acceptors (Lipinski definition) is 4. The van der Waals surface area contributed by atoms with Crippen LogP contribution in [0.3, 0.4) is 0 Å². The molecule has 0 aliphatic carbocycles. The Kier molecular flexibility index (Phi) is 3.94. The Morgan fingerprint density at radius 3 is 2.62 bits per heavy atom. The van der Waals surface area contributed by atoms with Crippen molar-refractivity contribution in [2.75, 3.05) is 7.11 Å². The quantitative estimate of drug-likeness (QED) is 0.667. The van der Waals surface area contributed by atoms with Crippen LogP contribution < -0.4 is 4.74 Å². The van der Waals surface area contributed by atoms with Gasteiger partial charge in [0.25, 0.3) is 5.89 Å². The average molecular weight is 366 g/mol. The van der Waals surface area contributed by atoms with E-state index in [9.17, 15) is 0 Å². The van der Waals surface area contributed by atoms with Gasteiger partial charge in [0.2, 0.25) is 5.82 Å². The smallest absolute Gasteiger partial charge is 0.262 e. The van der Waals surface area contributed by atoms with Crippen LogP contribution in [-0.4, -0.2) is 17.3 Å². The predicted molar refractivity (Wildman–Crippen MR) is 84.4 cm³/mol. The van der Waals surface area contributed by atoms with Crippen molar-refractivity contribution in [1.82, 2.24) is 10.1 Å². The Morgan fingerprint density at radius 2 is 1.90 bits per heavy atom. The van der Waals surface area contributed by atoms with E-state index in [4.69, 9.17) is 20.9 Å². The van der Waals surface area contributed by atoms with Crippen LogP contribution in [0.4, 0.5) is 0 Å². The molecule has 0 aliphatic heterocycles. The lowest BCUT2D eigenvalue weighted by atomic mass is 10.2. The standard InChI is InChI=1S/C15H10BrClN2O2/c1-20-13-7-6-11(17)8-12(13)15-18-14(19-21-15)9-2-4-10(16)5-3-9/h2-8H,1H3. The van der Waals surface area contributed by atoms with Crippen molar-refractivity contribution in [3.05, 3.63) is 52.0 Å². The molecular weight excluding hydrogens is 356 g/mol. The summed E-state index contributed by atoms with van der Waals surface area (Å²) in [4.78, 5) is 4.40. The van der Waals surface area contributed by atoms with E-state index in [1.807, 2.05) is 24.3 Å². The van der Waals surface area contributed by atoms with E-state index in [0.29, 0.717) is 28.1 Å². The number of benzene rings is 2. The van der Waals surface area contributed by atoms with Gasteiger partial charge in [-0.25, -0.2) is 0 Å². The SMILES string of the molecule is COc1ccc(Cl)cc1-c1nc(-c2ccc(Br)cc2)no1. The first kappa shape index (κ1) is 14.1. The summed E-state index contributed by atoms with van der Waals surface area (Å²) in [5.41, 5.74) is 1.54. The van der Waals surface area contributed by atoms with Crippen LogP contribution in [0, 0.1) is 0 Å². The Hall–Kier alpha value is -1.85. The van der Waals surface area contributed by atoms with Crippen molar-refractivity contribution in [3.8, 4) is 28.6 Å². The lowest BCUT2D eigenvalue weighted by Crippen LogP contribution is -1.88. The van der Waals surface area contributed by atoms with Crippen molar-refractivity contribution in [2.45, 2.75) is 0 Å². The summed E-state index contributed by atoms with van der Waals surface area (Å²) in [6.07, 6.45) is 0. The van der Waals surface area contributed by atoms with Gasteiger partial charge in [0, 0.05) is 15.1 Å². The highest BCUT2D eigenvalue weighted by atomic mass is 79.9. The zero-order chi connectivity index (χ0) is 14.8. The molecule has 3 rings (SSSR count). The van der Waals surface area contributed by atoms with Gasteiger partial charge in [0.1, 0.15) is 5.75 Å².